The van der Waals surface area contributed by atoms with Crippen LogP contribution in [0, 0.1) is 0 Å². The summed E-state index contributed by atoms with van der Waals surface area (Å²) in [4.78, 5) is 0.154. The summed E-state index contributed by atoms with van der Waals surface area (Å²) in [5.41, 5.74) is 2.48. The Morgan fingerprint density at radius 2 is 1.65 bits per heavy atom. The van der Waals surface area contributed by atoms with Gasteiger partial charge in [0.25, 0.3) is 0 Å². The van der Waals surface area contributed by atoms with Crippen LogP contribution < -0.4 is 4.18 Å². The van der Waals surface area contributed by atoms with Crippen molar-refractivity contribution < 1.29 is 12.6 Å². The fourth-order valence-corrected chi connectivity index (χ4v) is 3.56. The summed E-state index contributed by atoms with van der Waals surface area (Å²) in [6, 6.07) is 11.9. The first kappa shape index (κ1) is 13.6. The maximum Gasteiger partial charge on any atom is 0.339 e. The third kappa shape index (κ3) is 2.74. The van der Waals surface area contributed by atoms with E-state index in [-0.39, 0.29) is 4.90 Å². The summed E-state index contributed by atoms with van der Waals surface area (Å²) in [6.07, 6.45) is 3.18. The van der Waals surface area contributed by atoms with E-state index in [9.17, 15) is 8.42 Å². The molecule has 0 N–H and O–H groups in total. The molecule has 0 heterocycles. The zero-order valence-corrected chi connectivity index (χ0v) is 13.1. The highest BCUT2D eigenvalue weighted by molar-refractivity contribution is 9.10. The van der Waals surface area contributed by atoms with E-state index in [4.69, 9.17) is 4.18 Å². The highest BCUT2D eigenvalue weighted by atomic mass is 79.9. The molecule has 0 amide bonds. The molecule has 0 fully saturated rings. The van der Waals surface area contributed by atoms with Crippen molar-refractivity contribution in [1.29, 1.82) is 0 Å². The van der Waals surface area contributed by atoms with Gasteiger partial charge >= 0.3 is 10.1 Å². The minimum Gasteiger partial charge on any atom is -0.379 e. The van der Waals surface area contributed by atoms with Crippen LogP contribution in [-0.2, 0) is 23.0 Å². The molecule has 0 radical (unpaired) electrons. The van der Waals surface area contributed by atoms with Gasteiger partial charge in [-0.25, -0.2) is 0 Å². The topological polar surface area (TPSA) is 43.4 Å². The normalized spacial score (nSPS) is 14.1. The number of fused-ring (bicyclic) bond motifs is 1. The molecule has 0 atom stereocenters. The second-order valence-electron chi connectivity index (χ2n) is 4.78. The molecule has 2 aromatic rings. The smallest absolute Gasteiger partial charge is 0.339 e. The van der Waals surface area contributed by atoms with Crippen molar-refractivity contribution in [3.05, 3.63) is 58.1 Å². The Kier molecular flexibility index (Phi) is 3.56. The molecular weight excluding hydrogens is 340 g/mol. The highest BCUT2D eigenvalue weighted by Gasteiger charge is 2.18. The van der Waals surface area contributed by atoms with Gasteiger partial charge < -0.3 is 4.18 Å². The number of benzene rings is 2. The van der Waals surface area contributed by atoms with Gasteiger partial charge in [-0.2, -0.15) is 8.42 Å². The Morgan fingerprint density at radius 1 is 0.950 bits per heavy atom. The van der Waals surface area contributed by atoms with Crippen LogP contribution in [0.3, 0.4) is 0 Å². The summed E-state index contributed by atoms with van der Waals surface area (Å²) in [6.45, 7) is 0. The second-order valence-corrected chi connectivity index (χ2v) is 7.24. The molecule has 0 bridgehead atoms. The van der Waals surface area contributed by atoms with E-state index >= 15 is 0 Å². The summed E-state index contributed by atoms with van der Waals surface area (Å²) in [5.74, 6) is 0.383. The minimum atomic E-state index is -3.77. The van der Waals surface area contributed by atoms with Gasteiger partial charge in [0.1, 0.15) is 10.6 Å². The maximum absolute atomic E-state index is 12.2. The molecule has 0 unspecified atom stereocenters. The van der Waals surface area contributed by atoms with E-state index in [1.807, 2.05) is 12.1 Å². The molecule has 0 saturated carbocycles. The largest absolute Gasteiger partial charge is 0.379 e. The van der Waals surface area contributed by atoms with E-state index in [2.05, 4.69) is 15.9 Å². The summed E-state index contributed by atoms with van der Waals surface area (Å²) in [5, 5.41) is 0. The second kappa shape index (κ2) is 5.22. The number of hydrogen-bond donors (Lipinski definition) is 0. The van der Waals surface area contributed by atoms with Crippen molar-refractivity contribution in [3.8, 4) is 5.75 Å². The maximum atomic E-state index is 12.2. The average molecular weight is 353 g/mol. The van der Waals surface area contributed by atoms with Crippen LogP contribution in [0.25, 0.3) is 0 Å². The van der Waals surface area contributed by atoms with Crippen molar-refractivity contribution in [2.75, 3.05) is 0 Å². The molecule has 3 nitrogen and oxygen atoms in total. The van der Waals surface area contributed by atoms with Crippen LogP contribution in [0.5, 0.6) is 5.75 Å². The van der Waals surface area contributed by atoms with Gasteiger partial charge in [-0.15, -0.1) is 0 Å². The van der Waals surface area contributed by atoms with Crippen molar-refractivity contribution in [2.45, 2.75) is 24.2 Å². The lowest BCUT2D eigenvalue weighted by Gasteiger charge is -2.08. The summed E-state index contributed by atoms with van der Waals surface area (Å²) >= 11 is 3.28. The first-order chi connectivity index (χ1) is 9.54. The van der Waals surface area contributed by atoms with Gasteiger partial charge in [0.15, 0.2) is 0 Å². The molecule has 3 rings (SSSR count). The zero-order valence-electron chi connectivity index (χ0n) is 10.7. The molecule has 20 heavy (non-hydrogen) atoms. The van der Waals surface area contributed by atoms with E-state index in [1.165, 1.54) is 23.3 Å². The van der Waals surface area contributed by atoms with Gasteiger partial charge in [0.05, 0.1) is 0 Å². The Morgan fingerprint density at radius 3 is 2.40 bits per heavy atom. The van der Waals surface area contributed by atoms with Gasteiger partial charge in [-0.05, 0) is 66.8 Å². The molecule has 2 aromatic carbocycles. The average Bonchev–Trinajstić information content (AvgIpc) is 2.86. The standard InChI is InChI=1S/C15H13BrO3S/c16-13-5-8-15(9-6-13)20(17,18)19-14-7-4-11-2-1-3-12(11)10-14/h4-10H,1-3H2. The number of hydrogen-bond acceptors (Lipinski definition) is 3. The molecule has 1 aliphatic carbocycles. The lowest BCUT2D eigenvalue weighted by molar-refractivity contribution is 0.486. The molecule has 1 aliphatic rings. The Bertz CT molecular complexity index is 736. The van der Waals surface area contributed by atoms with Crippen molar-refractivity contribution >= 4 is 26.0 Å². The Hall–Kier alpha value is -1.33. The monoisotopic (exact) mass is 352 g/mol. The molecule has 0 aliphatic heterocycles. The van der Waals surface area contributed by atoms with Gasteiger partial charge in [-0.1, -0.05) is 22.0 Å². The van der Waals surface area contributed by atoms with Crippen LogP contribution in [0.2, 0.25) is 0 Å². The van der Waals surface area contributed by atoms with Crippen molar-refractivity contribution in [1.82, 2.24) is 0 Å². The third-order valence-electron chi connectivity index (χ3n) is 3.38. The van der Waals surface area contributed by atoms with Crippen molar-refractivity contribution in [3.63, 3.8) is 0 Å². The third-order valence-corrected chi connectivity index (χ3v) is 5.17. The molecular formula is C15H13BrO3S. The van der Waals surface area contributed by atoms with Gasteiger partial charge in [0, 0.05) is 4.47 Å². The molecule has 104 valence electrons. The Labute approximate surface area is 126 Å². The van der Waals surface area contributed by atoms with Crippen LogP contribution >= 0.6 is 15.9 Å². The van der Waals surface area contributed by atoms with E-state index in [0.717, 1.165) is 23.7 Å². The molecule has 0 aromatic heterocycles. The van der Waals surface area contributed by atoms with Gasteiger partial charge in [0.2, 0.25) is 0 Å². The van der Waals surface area contributed by atoms with Crippen molar-refractivity contribution in [2.24, 2.45) is 0 Å². The van der Waals surface area contributed by atoms with Gasteiger partial charge in [-0.3, -0.25) is 0 Å². The number of halogens is 1. The molecule has 0 saturated heterocycles. The van der Waals surface area contributed by atoms with Crippen LogP contribution in [-0.4, -0.2) is 8.42 Å². The lowest BCUT2D eigenvalue weighted by Crippen LogP contribution is -2.09. The predicted molar refractivity (Wildman–Crippen MR) is 80.4 cm³/mol. The Balaban J connectivity index is 1.88. The first-order valence-electron chi connectivity index (χ1n) is 6.36. The van der Waals surface area contributed by atoms with Crippen LogP contribution in [0.1, 0.15) is 17.5 Å². The summed E-state index contributed by atoms with van der Waals surface area (Å²) in [7, 11) is -3.77. The van der Waals surface area contributed by atoms with E-state index in [0.29, 0.717) is 5.75 Å². The lowest BCUT2D eigenvalue weighted by atomic mass is 10.1. The van der Waals surface area contributed by atoms with E-state index < -0.39 is 10.1 Å². The quantitative estimate of drug-likeness (QED) is 0.791. The fourth-order valence-electron chi connectivity index (χ4n) is 2.38. The van der Waals surface area contributed by atoms with Crippen LogP contribution in [0.15, 0.2) is 51.8 Å². The molecule has 5 heteroatoms. The predicted octanol–water partition coefficient (Wildman–Crippen LogP) is 3.71. The minimum absolute atomic E-state index is 0.154. The SMILES string of the molecule is O=S(=O)(Oc1ccc2c(c1)CCC2)c1ccc(Br)cc1. The fraction of sp³-hybridized carbons (Fsp3) is 0.200. The number of rotatable bonds is 3. The highest BCUT2D eigenvalue weighted by Crippen LogP contribution is 2.28. The molecule has 0 spiro atoms. The van der Waals surface area contributed by atoms with Crippen LogP contribution in [0.4, 0.5) is 0 Å². The first-order valence-corrected chi connectivity index (χ1v) is 8.56. The zero-order chi connectivity index (χ0) is 14.2. The number of aryl methyl sites for hydroxylation is 2. The van der Waals surface area contributed by atoms with E-state index in [1.54, 1.807) is 18.2 Å². The summed E-state index contributed by atoms with van der Waals surface area (Å²) < 4.78 is 30.4.